The highest BCUT2D eigenvalue weighted by molar-refractivity contribution is 7.98. The lowest BCUT2D eigenvalue weighted by molar-refractivity contribution is -0.130. The lowest BCUT2D eigenvalue weighted by Gasteiger charge is -2.21. The third-order valence-corrected chi connectivity index (χ3v) is 6.46. The molecular weight excluding hydrogens is 320 g/mol. The molecule has 0 unspecified atom stereocenters. The Morgan fingerprint density at radius 2 is 1.82 bits per heavy atom. The van der Waals surface area contributed by atoms with Crippen LogP contribution in [0, 0.1) is 0 Å². The Labute approximate surface area is 136 Å². The zero-order valence-corrected chi connectivity index (χ0v) is 14.6. The maximum Gasteiger partial charge on any atom is 0.243 e. The van der Waals surface area contributed by atoms with Crippen molar-refractivity contribution in [1.82, 2.24) is 9.21 Å². The van der Waals surface area contributed by atoms with Gasteiger partial charge in [-0.05, 0) is 36.9 Å². The molecule has 1 aromatic carbocycles. The third-order valence-electron chi connectivity index (χ3n) is 3.81. The van der Waals surface area contributed by atoms with Crippen molar-refractivity contribution >= 4 is 27.7 Å². The Morgan fingerprint density at radius 1 is 1.14 bits per heavy atom. The molecular formula is C15H22N2O3S2. The summed E-state index contributed by atoms with van der Waals surface area (Å²) in [6.45, 7) is 3.74. The van der Waals surface area contributed by atoms with E-state index >= 15 is 0 Å². The third kappa shape index (κ3) is 3.83. The molecule has 1 aliphatic heterocycles. The maximum atomic E-state index is 12.7. The number of benzene rings is 1. The Bertz CT molecular complexity index is 614. The van der Waals surface area contributed by atoms with Crippen LogP contribution in [0.15, 0.2) is 34.1 Å². The predicted molar refractivity (Wildman–Crippen MR) is 88.5 cm³/mol. The molecule has 1 aliphatic rings. The average molecular weight is 342 g/mol. The molecule has 0 bridgehead atoms. The number of thioether (sulfide) groups is 1. The van der Waals surface area contributed by atoms with Crippen LogP contribution in [0.25, 0.3) is 0 Å². The minimum atomic E-state index is -3.48. The second-order valence-electron chi connectivity index (χ2n) is 5.17. The van der Waals surface area contributed by atoms with E-state index in [1.165, 1.54) is 4.31 Å². The fourth-order valence-corrected chi connectivity index (χ4v) is 4.38. The van der Waals surface area contributed by atoms with E-state index in [-0.39, 0.29) is 5.91 Å². The van der Waals surface area contributed by atoms with Crippen molar-refractivity contribution in [1.29, 1.82) is 0 Å². The number of rotatable bonds is 4. The van der Waals surface area contributed by atoms with Gasteiger partial charge in [-0.15, -0.1) is 11.8 Å². The topological polar surface area (TPSA) is 57.7 Å². The molecule has 0 saturated carbocycles. The highest BCUT2D eigenvalue weighted by Gasteiger charge is 2.27. The molecule has 122 valence electrons. The van der Waals surface area contributed by atoms with Crippen LogP contribution in [0.4, 0.5) is 0 Å². The van der Waals surface area contributed by atoms with Gasteiger partial charge in [0.2, 0.25) is 15.9 Å². The number of hydrogen-bond donors (Lipinski definition) is 0. The number of amides is 1. The first kappa shape index (κ1) is 17.3. The monoisotopic (exact) mass is 342 g/mol. The Kier molecular flexibility index (Phi) is 5.88. The van der Waals surface area contributed by atoms with Gasteiger partial charge in [0.05, 0.1) is 4.90 Å². The number of sulfonamides is 1. The van der Waals surface area contributed by atoms with E-state index in [0.29, 0.717) is 43.9 Å². The quantitative estimate of drug-likeness (QED) is 0.786. The van der Waals surface area contributed by atoms with Crippen LogP contribution in [-0.2, 0) is 14.8 Å². The van der Waals surface area contributed by atoms with E-state index in [2.05, 4.69) is 0 Å². The van der Waals surface area contributed by atoms with Crippen molar-refractivity contribution in [3.8, 4) is 0 Å². The van der Waals surface area contributed by atoms with E-state index in [4.69, 9.17) is 0 Å². The van der Waals surface area contributed by atoms with Gasteiger partial charge in [0.15, 0.2) is 0 Å². The number of carbonyl (C=O) groups is 1. The average Bonchev–Trinajstić information content (AvgIpc) is 2.80. The van der Waals surface area contributed by atoms with Crippen molar-refractivity contribution in [2.45, 2.75) is 29.6 Å². The zero-order valence-electron chi connectivity index (χ0n) is 13.0. The molecule has 0 radical (unpaired) electrons. The molecule has 1 saturated heterocycles. The Balaban J connectivity index is 2.13. The van der Waals surface area contributed by atoms with Gasteiger partial charge in [0.25, 0.3) is 0 Å². The minimum Gasteiger partial charge on any atom is -0.341 e. The second-order valence-corrected chi connectivity index (χ2v) is 7.99. The Hall–Kier alpha value is -1.05. The van der Waals surface area contributed by atoms with Crippen LogP contribution in [0.5, 0.6) is 0 Å². The van der Waals surface area contributed by atoms with E-state index in [0.717, 1.165) is 4.90 Å². The van der Waals surface area contributed by atoms with Crippen LogP contribution in [0.2, 0.25) is 0 Å². The number of hydrogen-bond acceptors (Lipinski definition) is 4. The summed E-state index contributed by atoms with van der Waals surface area (Å²) >= 11 is 1.58. The van der Waals surface area contributed by atoms with E-state index in [1.54, 1.807) is 28.8 Å². The molecule has 0 aromatic heterocycles. The molecule has 5 nitrogen and oxygen atoms in total. The highest BCUT2D eigenvalue weighted by atomic mass is 32.2. The van der Waals surface area contributed by atoms with Gasteiger partial charge in [0, 0.05) is 37.5 Å². The highest BCUT2D eigenvalue weighted by Crippen LogP contribution is 2.21. The van der Waals surface area contributed by atoms with Crippen LogP contribution in [0.1, 0.15) is 19.8 Å². The number of nitrogens with zero attached hydrogens (tertiary/aromatic N) is 2. The normalized spacial score (nSPS) is 17.3. The molecule has 2 rings (SSSR count). The molecule has 0 atom stereocenters. The lowest BCUT2D eigenvalue weighted by atomic mass is 10.3. The summed E-state index contributed by atoms with van der Waals surface area (Å²) in [6, 6.07) is 6.95. The van der Waals surface area contributed by atoms with Crippen molar-refractivity contribution < 1.29 is 13.2 Å². The van der Waals surface area contributed by atoms with Gasteiger partial charge in [-0.25, -0.2) is 8.42 Å². The summed E-state index contributed by atoms with van der Waals surface area (Å²) in [5.41, 5.74) is 0. The molecule has 1 aromatic rings. The smallest absolute Gasteiger partial charge is 0.243 e. The van der Waals surface area contributed by atoms with Gasteiger partial charge < -0.3 is 4.90 Å². The van der Waals surface area contributed by atoms with E-state index < -0.39 is 10.0 Å². The minimum absolute atomic E-state index is 0.0866. The largest absolute Gasteiger partial charge is 0.341 e. The van der Waals surface area contributed by atoms with Crippen LogP contribution < -0.4 is 0 Å². The molecule has 1 heterocycles. The van der Waals surface area contributed by atoms with Gasteiger partial charge in [0.1, 0.15) is 0 Å². The summed E-state index contributed by atoms with van der Waals surface area (Å²) in [6.07, 6.45) is 3.09. The molecule has 0 aliphatic carbocycles. The SMILES string of the molecule is CCC(=O)N1CCCN(S(=O)(=O)c2ccc(SC)cc2)CC1. The summed E-state index contributed by atoms with van der Waals surface area (Å²) in [5, 5.41) is 0. The van der Waals surface area contributed by atoms with E-state index in [1.807, 2.05) is 25.3 Å². The first-order chi connectivity index (χ1) is 10.5. The molecule has 0 spiro atoms. The molecule has 1 fully saturated rings. The summed E-state index contributed by atoms with van der Waals surface area (Å²) in [5.74, 6) is 0.0866. The molecule has 1 amide bonds. The van der Waals surface area contributed by atoms with Gasteiger partial charge in [-0.3, -0.25) is 4.79 Å². The first-order valence-corrected chi connectivity index (χ1v) is 10.1. The van der Waals surface area contributed by atoms with E-state index in [9.17, 15) is 13.2 Å². The molecule has 0 N–H and O–H groups in total. The summed E-state index contributed by atoms with van der Waals surface area (Å²) in [4.78, 5) is 14.9. The second kappa shape index (κ2) is 7.48. The fraction of sp³-hybridized carbons (Fsp3) is 0.533. The predicted octanol–water partition coefficient (Wildman–Crippen LogP) is 2.04. The first-order valence-electron chi connectivity index (χ1n) is 7.41. The molecule has 7 heteroatoms. The van der Waals surface area contributed by atoms with Crippen molar-refractivity contribution in [2.75, 3.05) is 32.4 Å². The van der Waals surface area contributed by atoms with Crippen molar-refractivity contribution in [2.24, 2.45) is 0 Å². The van der Waals surface area contributed by atoms with Gasteiger partial charge in [-0.2, -0.15) is 4.31 Å². The standard InChI is InChI=1S/C15H22N2O3S2/c1-3-15(18)16-9-4-10-17(12-11-16)22(19,20)14-7-5-13(21-2)6-8-14/h5-8H,3-4,9-12H2,1-2H3. The van der Waals surface area contributed by atoms with Crippen molar-refractivity contribution in [3.63, 3.8) is 0 Å². The van der Waals surface area contributed by atoms with Gasteiger partial charge >= 0.3 is 0 Å². The Morgan fingerprint density at radius 3 is 2.41 bits per heavy atom. The summed E-state index contributed by atoms with van der Waals surface area (Å²) < 4.78 is 26.9. The van der Waals surface area contributed by atoms with Crippen LogP contribution in [-0.4, -0.2) is 56.0 Å². The lowest BCUT2D eigenvalue weighted by Crippen LogP contribution is -2.37. The molecule has 22 heavy (non-hydrogen) atoms. The zero-order chi connectivity index (χ0) is 16.2. The van der Waals surface area contributed by atoms with Crippen molar-refractivity contribution in [3.05, 3.63) is 24.3 Å². The summed E-state index contributed by atoms with van der Waals surface area (Å²) in [7, 11) is -3.48. The van der Waals surface area contributed by atoms with Crippen LogP contribution in [0.3, 0.4) is 0 Å². The number of carbonyl (C=O) groups excluding carboxylic acids is 1. The van der Waals surface area contributed by atoms with Gasteiger partial charge in [-0.1, -0.05) is 6.92 Å². The van der Waals surface area contributed by atoms with Crippen LogP contribution >= 0.6 is 11.8 Å². The fourth-order valence-electron chi connectivity index (χ4n) is 2.50. The maximum absolute atomic E-state index is 12.7.